The number of carboxylic acid groups (broad SMARTS) is 1. The van der Waals surface area contributed by atoms with Crippen LogP contribution in [0.2, 0.25) is 10.0 Å². The van der Waals surface area contributed by atoms with Gasteiger partial charge in [0.05, 0.1) is 11.6 Å². The maximum absolute atomic E-state index is 12.3. The van der Waals surface area contributed by atoms with Crippen LogP contribution in [0, 0.1) is 6.92 Å². The van der Waals surface area contributed by atoms with Gasteiger partial charge in [-0.1, -0.05) is 65.7 Å². The van der Waals surface area contributed by atoms with Gasteiger partial charge in [0, 0.05) is 28.0 Å². The highest BCUT2D eigenvalue weighted by atomic mass is 35.5. The van der Waals surface area contributed by atoms with E-state index in [0.29, 0.717) is 41.1 Å². The van der Waals surface area contributed by atoms with Gasteiger partial charge in [0.25, 0.3) is 0 Å². The standard InChI is InChI=1S/C25H21Cl2NO3/c1-16-7-2-3-8-18(16)23-19-9-4-5-10-21(19)28(24(23)25(29)30)13-6-14-31-22-12-11-17(26)15-20(22)27/h2-5,7-12,15H,6,13-14H2,1H3,(H,29,30). The lowest BCUT2D eigenvalue weighted by molar-refractivity contribution is 0.0686. The van der Waals surface area contributed by atoms with Crippen molar-refractivity contribution in [2.45, 2.75) is 19.9 Å². The van der Waals surface area contributed by atoms with Gasteiger partial charge in [-0.05, 0) is 48.7 Å². The van der Waals surface area contributed by atoms with Crippen molar-refractivity contribution in [3.63, 3.8) is 0 Å². The molecule has 4 aromatic rings. The summed E-state index contributed by atoms with van der Waals surface area (Å²) in [4.78, 5) is 12.3. The molecular formula is C25H21Cl2NO3. The Hall–Kier alpha value is -2.95. The SMILES string of the molecule is Cc1ccccc1-c1c(C(=O)O)n(CCCOc2ccc(Cl)cc2Cl)c2ccccc12. The minimum Gasteiger partial charge on any atom is -0.492 e. The van der Waals surface area contributed by atoms with E-state index in [-0.39, 0.29) is 0 Å². The normalized spacial score (nSPS) is 11.1. The number of hydrogen-bond donors (Lipinski definition) is 1. The van der Waals surface area contributed by atoms with Crippen LogP contribution >= 0.6 is 23.2 Å². The van der Waals surface area contributed by atoms with Crippen LogP contribution in [0.25, 0.3) is 22.0 Å². The van der Waals surface area contributed by atoms with Crippen molar-refractivity contribution >= 4 is 40.1 Å². The predicted molar refractivity (Wildman–Crippen MR) is 126 cm³/mol. The average Bonchev–Trinajstić information content (AvgIpc) is 3.07. The molecule has 0 amide bonds. The molecule has 6 heteroatoms. The molecule has 0 aliphatic heterocycles. The van der Waals surface area contributed by atoms with Gasteiger partial charge in [-0.2, -0.15) is 0 Å². The summed E-state index contributed by atoms with van der Waals surface area (Å²) in [7, 11) is 0. The average molecular weight is 454 g/mol. The number of ether oxygens (including phenoxy) is 1. The third-order valence-electron chi connectivity index (χ3n) is 5.27. The number of para-hydroxylation sites is 1. The van der Waals surface area contributed by atoms with E-state index in [1.54, 1.807) is 18.2 Å². The third-order valence-corrected chi connectivity index (χ3v) is 5.80. The van der Waals surface area contributed by atoms with E-state index in [1.165, 1.54) is 0 Å². The van der Waals surface area contributed by atoms with Crippen molar-refractivity contribution in [3.05, 3.63) is 88.0 Å². The number of carboxylic acids is 1. The second kappa shape index (κ2) is 9.04. The molecular weight excluding hydrogens is 433 g/mol. The lowest BCUT2D eigenvalue weighted by Gasteiger charge is -2.12. The molecule has 31 heavy (non-hydrogen) atoms. The van der Waals surface area contributed by atoms with Gasteiger partial charge in [-0.15, -0.1) is 0 Å². The maximum atomic E-state index is 12.3. The number of halogens is 2. The Morgan fingerprint density at radius 3 is 2.52 bits per heavy atom. The highest BCUT2D eigenvalue weighted by Crippen LogP contribution is 2.37. The Morgan fingerprint density at radius 1 is 1.03 bits per heavy atom. The van der Waals surface area contributed by atoms with E-state index in [2.05, 4.69) is 0 Å². The number of carbonyl (C=O) groups is 1. The fourth-order valence-electron chi connectivity index (χ4n) is 3.88. The Morgan fingerprint density at radius 2 is 1.77 bits per heavy atom. The maximum Gasteiger partial charge on any atom is 0.353 e. The van der Waals surface area contributed by atoms with Gasteiger partial charge in [0.2, 0.25) is 0 Å². The molecule has 1 N–H and O–H groups in total. The summed E-state index contributed by atoms with van der Waals surface area (Å²) in [6.07, 6.45) is 0.616. The second-order valence-electron chi connectivity index (χ2n) is 7.29. The molecule has 158 valence electrons. The van der Waals surface area contributed by atoms with Gasteiger partial charge in [-0.25, -0.2) is 4.79 Å². The van der Waals surface area contributed by atoms with Crippen LogP contribution < -0.4 is 4.74 Å². The number of rotatable bonds is 7. The van der Waals surface area contributed by atoms with Gasteiger partial charge >= 0.3 is 5.97 Å². The fraction of sp³-hybridized carbons (Fsp3) is 0.160. The van der Waals surface area contributed by atoms with Crippen molar-refractivity contribution in [2.75, 3.05) is 6.61 Å². The van der Waals surface area contributed by atoms with E-state index < -0.39 is 5.97 Å². The Balaban J connectivity index is 1.67. The van der Waals surface area contributed by atoms with Crippen LogP contribution in [-0.2, 0) is 6.54 Å². The van der Waals surface area contributed by atoms with Crippen LogP contribution in [0.4, 0.5) is 0 Å². The highest BCUT2D eigenvalue weighted by Gasteiger charge is 2.24. The molecule has 3 aromatic carbocycles. The van der Waals surface area contributed by atoms with Crippen LogP contribution in [0.3, 0.4) is 0 Å². The summed E-state index contributed by atoms with van der Waals surface area (Å²) < 4.78 is 7.65. The molecule has 0 atom stereocenters. The topological polar surface area (TPSA) is 51.5 Å². The molecule has 0 radical (unpaired) electrons. The Bertz CT molecular complexity index is 1260. The van der Waals surface area contributed by atoms with Gasteiger partial charge in [0.15, 0.2) is 0 Å². The van der Waals surface area contributed by atoms with E-state index in [1.807, 2.05) is 60.0 Å². The molecule has 0 saturated carbocycles. The zero-order valence-corrected chi connectivity index (χ0v) is 18.5. The van der Waals surface area contributed by atoms with Gasteiger partial charge in [-0.3, -0.25) is 0 Å². The predicted octanol–water partition coefficient (Wildman–Crippen LogP) is 7.09. The smallest absolute Gasteiger partial charge is 0.353 e. The van der Waals surface area contributed by atoms with Gasteiger partial charge in [0.1, 0.15) is 11.4 Å². The van der Waals surface area contributed by atoms with E-state index in [9.17, 15) is 9.90 Å². The first-order chi connectivity index (χ1) is 15.0. The molecule has 0 spiro atoms. The minimum absolute atomic E-state index is 0.292. The molecule has 0 unspecified atom stereocenters. The summed E-state index contributed by atoms with van der Waals surface area (Å²) in [6.45, 7) is 2.89. The number of aromatic nitrogens is 1. The number of hydrogen-bond acceptors (Lipinski definition) is 2. The minimum atomic E-state index is -0.948. The monoisotopic (exact) mass is 453 g/mol. The first kappa shape index (κ1) is 21.3. The number of nitrogens with zero attached hydrogens (tertiary/aromatic N) is 1. The van der Waals surface area contributed by atoms with Crippen molar-refractivity contribution < 1.29 is 14.6 Å². The lowest BCUT2D eigenvalue weighted by Crippen LogP contribution is -2.12. The second-order valence-corrected chi connectivity index (χ2v) is 8.13. The summed E-state index contributed by atoms with van der Waals surface area (Å²) in [6, 6.07) is 20.7. The number of fused-ring (bicyclic) bond motifs is 1. The van der Waals surface area contributed by atoms with Crippen molar-refractivity contribution in [1.29, 1.82) is 0 Å². The van der Waals surface area contributed by atoms with E-state index in [0.717, 1.165) is 27.6 Å². The first-order valence-corrected chi connectivity index (χ1v) is 10.7. The molecule has 0 aliphatic carbocycles. The molecule has 0 fully saturated rings. The zero-order chi connectivity index (χ0) is 22.0. The molecule has 4 rings (SSSR count). The summed E-state index contributed by atoms with van der Waals surface area (Å²) in [5.74, 6) is -0.390. The van der Waals surface area contributed by atoms with Crippen molar-refractivity contribution in [1.82, 2.24) is 4.57 Å². The molecule has 1 heterocycles. The largest absolute Gasteiger partial charge is 0.492 e. The van der Waals surface area contributed by atoms with Crippen molar-refractivity contribution in [3.8, 4) is 16.9 Å². The van der Waals surface area contributed by atoms with E-state index in [4.69, 9.17) is 27.9 Å². The number of aryl methyl sites for hydroxylation is 2. The van der Waals surface area contributed by atoms with Crippen molar-refractivity contribution in [2.24, 2.45) is 0 Å². The molecule has 1 aromatic heterocycles. The molecule has 0 aliphatic rings. The van der Waals surface area contributed by atoms with Crippen LogP contribution in [0.1, 0.15) is 22.5 Å². The van der Waals surface area contributed by atoms with E-state index >= 15 is 0 Å². The van der Waals surface area contributed by atoms with Crippen LogP contribution in [0.5, 0.6) is 5.75 Å². The summed E-state index contributed by atoms with van der Waals surface area (Å²) >= 11 is 12.1. The van der Waals surface area contributed by atoms with Gasteiger partial charge < -0.3 is 14.4 Å². The third kappa shape index (κ3) is 4.27. The quantitative estimate of drug-likeness (QED) is 0.303. The van der Waals surface area contributed by atoms with Crippen LogP contribution in [0.15, 0.2) is 66.7 Å². The Kier molecular flexibility index (Phi) is 6.21. The Labute approximate surface area is 190 Å². The number of aromatic carboxylic acids is 1. The molecule has 0 saturated heterocycles. The highest BCUT2D eigenvalue weighted by molar-refractivity contribution is 6.35. The molecule has 0 bridgehead atoms. The summed E-state index contributed by atoms with van der Waals surface area (Å²) in [5.41, 5.74) is 3.90. The lowest BCUT2D eigenvalue weighted by atomic mass is 9.97. The number of benzene rings is 3. The fourth-order valence-corrected chi connectivity index (χ4v) is 4.34. The summed E-state index contributed by atoms with van der Waals surface area (Å²) in [5, 5.41) is 12.0. The van der Waals surface area contributed by atoms with Crippen LogP contribution in [-0.4, -0.2) is 22.2 Å². The zero-order valence-electron chi connectivity index (χ0n) is 16.9. The molecule has 4 nitrogen and oxygen atoms in total. The first-order valence-electron chi connectivity index (χ1n) is 9.95.